The second-order valence-corrected chi connectivity index (χ2v) is 5.49. The largest absolute Gasteiger partial charge is 0.381 e. The highest BCUT2D eigenvalue weighted by atomic mass is 16.5. The average molecular weight is 296 g/mol. The van der Waals surface area contributed by atoms with Gasteiger partial charge in [-0.1, -0.05) is 36.4 Å². The maximum absolute atomic E-state index is 12.6. The quantitative estimate of drug-likeness (QED) is 0.944. The molecule has 0 radical (unpaired) electrons. The lowest BCUT2D eigenvalue weighted by molar-refractivity contribution is -0.128. The van der Waals surface area contributed by atoms with Gasteiger partial charge in [0.2, 0.25) is 5.91 Å². The Kier molecular flexibility index (Phi) is 4.81. The highest BCUT2D eigenvalue weighted by Crippen LogP contribution is 2.22. The second kappa shape index (κ2) is 7.18. The van der Waals surface area contributed by atoms with Crippen LogP contribution in [0.5, 0.6) is 0 Å². The summed E-state index contributed by atoms with van der Waals surface area (Å²) < 4.78 is 5.33. The first-order valence-electron chi connectivity index (χ1n) is 7.68. The molecule has 4 nitrogen and oxygen atoms in total. The molecule has 114 valence electrons. The van der Waals surface area contributed by atoms with E-state index in [4.69, 9.17) is 4.74 Å². The van der Waals surface area contributed by atoms with Gasteiger partial charge in [-0.05, 0) is 30.5 Å². The Morgan fingerprint density at radius 3 is 2.50 bits per heavy atom. The van der Waals surface area contributed by atoms with Crippen molar-refractivity contribution in [3.8, 4) is 0 Å². The summed E-state index contributed by atoms with van der Waals surface area (Å²) in [6.07, 6.45) is 3.33. The lowest BCUT2D eigenvalue weighted by Gasteiger charge is -2.25. The van der Waals surface area contributed by atoms with Crippen LogP contribution in [0.1, 0.15) is 30.1 Å². The Balaban J connectivity index is 1.81. The van der Waals surface area contributed by atoms with Crippen LogP contribution in [0.2, 0.25) is 0 Å². The fourth-order valence-electron chi connectivity index (χ4n) is 2.74. The first-order chi connectivity index (χ1) is 10.8. The molecule has 0 aliphatic carbocycles. The Morgan fingerprint density at radius 1 is 1.09 bits per heavy atom. The second-order valence-electron chi connectivity index (χ2n) is 5.49. The molecule has 1 aliphatic rings. The number of carbonyl (C=O) groups is 1. The molecule has 0 saturated carbocycles. The molecule has 3 rings (SSSR count). The zero-order valence-corrected chi connectivity index (χ0v) is 12.4. The van der Waals surface area contributed by atoms with Gasteiger partial charge < -0.3 is 10.1 Å². The van der Waals surface area contributed by atoms with E-state index >= 15 is 0 Å². The summed E-state index contributed by atoms with van der Waals surface area (Å²) in [6.45, 7) is 1.33. The van der Waals surface area contributed by atoms with Crippen molar-refractivity contribution < 1.29 is 9.53 Å². The van der Waals surface area contributed by atoms with Crippen molar-refractivity contribution in [2.45, 2.75) is 18.9 Å². The molecule has 1 aliphatic heterocycles. The molecule has 0 bridgehead atoms. The lowest BCUT2D eigenvalue weighted by Crippen LogP contribution is -2.37. The Morgan fingerprint density at radius 2 is 1.82 bits per heavy atom. The van der Waals surface area contributed by atoms with Gasteiger partial charge in [0.15, 0.2) is 0 Å². The standard InChI is InChI=1S/C18H20N2O2/c21-18(15-9-12-22-13-10-15)20-17(14-6-2-1-3-7-14)16-8-4-5-11-19-16/h1-8,11,15,17H,9-10,12-13H2,(H,20,21)/t17-/m1/s1. The number of nitrogens with zero attached hydrogens (tertiary/aromatic N) is 1. The van der Waals surface area contributed by atoms with E-state index in [2.05, 4.69) is 10.3 Å². The first kappa shape index (κ1) is 14.7. The van der Waals surface area contributed by atoms with Gasteiger partial charge in [0.05, 0.1) is 11.7 Å². The number of nitrogens with one attached hydrogen (secondary N) is 1. The van der Waals surface area contributed by atoms with Gasteiger partial charge in [-0.3, -0.25) is 9.78 Å². The van der Waals surface area contributed by atoms with Crippen molar-refractivity contribution in [2.24, 2.45) is 5.92 Å². The number of rotatable bonds is 4. The van der Waals surface area contributed by atoms with E-state index in [0.29, 0.717) is 13.2 Å². The molecule has 1 atom stereocenters. The summed E-state index contributed by atoms with van der Waals surface area (Å²) in [5.41, 5.74) is 1.90. The van der Waals surface area contributed by atoms with Crippen molar-refractivity contribution in [2.75, 3.05) is 13.2 Å². The van der Waals surface area contributed by atoms with E-state index in [1.807, 2.05) is 48.5 Å². The summed E-state index contributed by atoms with van der Waals surface area (Å²) in [6, 6.07) is 15.5. The number of hydrogen-bond acceptors (Lipinski definition) is 3. The fraction of sp³-hybridized carbons (Fsp3) is 0.333. The fourth-order valence-corrected chi connectivity index (χ4v) is 2.74. The van der Waals surface area contributed by atoms with Gasteiger partial charge in [-0.25, -0.2) is 0 Å². The number of benzene rings is 1. The van der Waals surface area contributed by atoms with Gasteiger partial charge in [0, 0.05) is 25.3 Å². The van der Waals surface area contributed by atoms with Crippen molar-refractivity contribution in [1.29, 1.82) is 0 Å². The summed E-state index contributed by atoms with van der Waals surface area (Å²) in [7, 11) is 0. The van der Waals surface area contributed by atoms with Crippen molar-refractivity contribution in [3.05, 3.63) is 66.0 Å². The minimum Gasteiger partial charge on any atom is -0.381 e. The minimum absolute atomic E-state index is 0.0312. The van der Waals surface area contributed by atoms with Crippen LogP contribution < -0.4 is 5.32 Å². The molecule has 2 heterocycles. The number of aromatic nitrogens is 1. The van der Waals surface area contributed by atoms with Crippen molar-refractivity contribution in [3.63, 3.8) is 0 Å². The van der Waals surface area contributed by atoms with Crippen molar-refractivity contribution >= 4 is 5.91 Å². The van der Waals surface area contributed by atoms with Crippen LogP contribution in [0, 0.1) is 5.92 Å². The molecule has 1 N–H and O–H groups in total. The molecule has 1 aromatic carbocycles. The third kappa shape index (κ3) is 3.52. The number of amides is 1. The molecule has 1 amide bonds. The Bertz CT molecular complexity index is 555. The highest BCUT2D eigenvalue weighted by molar-refractivity contribution is 5.79. The monoisotopic (exact) mass is 296 g/mol. The van der Waals surface area contributed by atoms with Crippen LogP contribution in [0.3, 0.4) is 0 Å². The van der Waals surface area contributed by atoms with E-state index in [0.717, 1.165) is 24.1 Å². The number of pyridine rings is 1. The van der Waals surface area contributed by atoms with Gasteiger partial charge in [0.1, 0.15) is 0 Å². The maximum Gasteiger partial charge on any atom is 0.224 e. The number of ether oxygens (including phenoxy) is 1. The molecule has 0 spiro atoms. The molecule has 0 unspecified atom stereocenters. The average Bonchev–Trinajstić information content (AvgIpc) is 2.62. The molecular weight excluding hydrogens is 276 g/mol. The zero-order valence-electron chi connectivity index (χ0n) is 12.4. The third-order valence-corrected chi connectivity index (χ3v) is 4.00. The molecule has 22 heavy (non-hydrogen) atoms. The van der Waals surface area contributed by atoms with Crippen molar-refractivity contribution in [1.82, 2.24) is 10.3 Å². The molecule has 1 aromatic heterocycles. The summed E-state index contributed by atoms with van der Waals surface area (Å²) in [4.78, 5) is 17.0. The molecule has 1 saturated heterocycles. The van der Waals surface area contributed by atoms with Crippen LogP contribution in [0.15, 0.2) is 54.7 Å². The SMILES string of the molecule is O=C(N[C@H](c1ccccc1)c1ccccn1)C1CCOCC1. The van der Waals surface area contributed by atoms with Gasteiger partial charge in [-0.15, -0.1) is 0 Å². The van der Waals surface area contributed by atoms with Gasteiger partial charge >= 0.3 is 0 Å². The molecular formula is C18H20N2O2. The van der Waals surface area contributed by atoms with E-state index in [1.165, 1.54) is 0 Å². The molecule has 4 heteroatoms. The summed E-state index contributed by atoms with van der Waals surface area (Å²) in [5, 5.41) is 3.16. The van der Waals surface area contributed by atoms with Crippen LogP contribution in [0.25, 0.3) is 0 Å². The summed E-state index contributed by atoms with van der Waals surface area (Å²) in [5.74, 6) is 0.117. The van der Waals surface area contributed by atoms with Crippen LogP contribution in [-0.4, -0.2) is 24.1 Å². The van der Waals surface area contributed by atoms with E-state index in [1.54, 1.807) is 6.20 Å². The van der Waals surface area contributed by atoms with E-state index < -0.39 is 0 Å². The normalized spacial score (nSPS) is 16.9. The van der Waals surface area contributed by atoms with E-state index in [9.17, 15) is 4.79 Å². The van der Waals surface area contributed by atoms with Gasteiger partial charge in [0.25, 0.3) is 0 Å². The third-order valence-electron chi connectivity index (χ3n) is 4.00. The topological polar surface area (TPSA) is 51.2 Å². The van der Waals surface area contributed by atoms with Crippen LogP contribution in [-0.2, 0) is 9.53 Å². The molecule has 2 aromatic rings. The highest BCUT2D eigenvalue weighted by Gasteiger charge is 2.25. The van der Waals surface area contributed by atoms with Gasteiger partial charge in [-0.2, -0.15) is 0 Å². The van der Waals surface area contributed by atoms with Crippen LogP contribution >= 0.6 is 0 Å². The predicted molar refractivity (Wildman–Crippen MR) is 84.2 cm³/mol. The Labute approximate surface area is 130 Å². The first-order valence-corrected chi connectivity index (χ1v) is 7.68. The predicted octanol–water partition coefficient (Wildman–Crippen LogP) is 2.71. The maximum atomic E-state index is 12.6. The summed E-state index contributed by atoms with van der Waals surface area (Å²) >= 11 is 0. The minimum atomic E-state index is -0.210. The molecule has 1 fully saturated rings. The number of carbonyl (C=O) groups excluding carboxylic acids is 1. The van der Waals surface area contributed by atoms with E-state index in [-0.39, 0.29) is 17.9 Å². The number of hydrogen-bond donors (Lipinski definition) is 1. The lowest BCUT2D eigenvalue weighted by atomic mass is 9.97. The Hall–Kier alpha value is -2.20. The smallest absolute Gasteiger partial charge is 0.224 e. The van der Waals surface area contributed by atoms with Crippen LogP contribution in [0.4, 0.5) is 0 Å². The zero-order chi connectivity index (χ0) is 15.2.